The summed E-state index contributed by atoms with van der Waals surface area (Å²) in [6, 6.07) is 13.5. The Hall–Kier alpha value is -2.09. The maximum Gasteiger partial charge on any atom is 0.240 e. The number of aryl methyl sites for hydroxylation is 2. The van der Waals surface area contributed by atoms with E-state index in [0.717, 1.165) is 39.1 Å². The Morgan fingerprint density at radius 3 is 2.46 bits per heavy atom. The first-order valence-electron chi connectivity index (χ1n) is 9.55. The fourth-order valence-corrected chi connectivity index (χ4v) is 4.62. The van der Waals surface area contributed by atoms with E-state index in [1.807, 2.05) is 0 Å². The number of anilines is 1. The molecule has 1 heterocycles. The maximum atomic E-state index is 12.5. The van der Waals surface area contributed by atoms with E-state index in [1.165, 1.54) is 11.3 Å². The van der Waals surface area contributed by atoms with Crippen molar-refractivity contribution < 1.29 is 17.9 Å². The molecule has 152 valence electrons. The predicted molar refractivity (Wildman–Crippen MR) is 111 cm³/mol. The van der Waals surface area contributed by atoms with E-state index in [1.54, 1.807) is 32.2 Å². The highest BCUT2D eigenvalue weighted by molar-refractivity contribution is 7.89. The summed E-state index contributed by atoms with van der Waals surface area (Å²) in [6.45, 7) is 5.56. The molecule has 0 spiro atoms. The van der Waals surface area contributed by atoms with Gasteiger partial charge in [0.05, 0.1) is 25.2 Å². The largest absolute Gasteiger partial charge is 0.497 e. The van der Waals surface area contributed by atoms with Gasteiger partial charge in [-0.15, -0.1) is 0 Å². The van der Waals surface area contributed by atoms with Crippen LogP contribution in [0, 0.1) is 6.92 Å². The molecule has 1 aliphatic heterocycles. The normalized spacial score (nSPS) is 14.9. The van der Waals surface area contributed by atoms with Crippen molar-refractivity contribution in [2.24, 2.45) is 0 Å². The van der Waals surface area contributed by atoms with Gasteiger partial charge in [0, 0.05) is 25.3 Å². The number of morpholine rings is 1. The fraction of sp³-hybridized carbons (Fsp3) is 0.429. The number of benzene rings is 2. The standard InChI is InChI=1S/C21H28N2O4S/c1-17-16-20(26-2)9-10-21(17)28(24,25)22-11-3-4-18-5-7-19(8-6-18)23-12-14-27-15-13-23/h5-10,16,22H,3-4,11-15H2,1-2H3. The Kier molecular flexibility index (Phi) is 6.93. The number of methoxy groups -OCH3 is 1. The Labute approximate surface area is 167 Å². The Balaban J connectivity index is 1.49. The molecular weight excluding hydrogens is 376 g/mol. The van der Waals surface area contributed by atoms with Crippen molar-refractivity contribution in [1.82, 2.24) is 4.72 Å². The van der Waals surface area contributed by atoms with Crippen LogP contribution >= 0.6 is 0 Å². The molecule has 0 radical (unpaired) electrons. The van der Waals surface area contributed by atoms with Crippen molar-refractivity contribution in [3.63, 3.8) is 0 Å². The van der Waals surface area contributed by atoms with Crippen molar-refractivity contribution in [3.8, 4) is 5.75 Å². The van der Waals surface area contributed by atoms with Crippen molar-refractivity contribution in [1.29, 1.82) is 0 Å². The summed E-state index contributed by atoms with van der Waals surface area (Å²) in [4.78, 5) is 2.61. The maximum absolute atomic E-state index is 12.5. The lowest BCUT2D eigenvalue weighted by molar-refractivity contribution is 0.122. The van der Waals surface area contributed by atoms with Gasteiger partial charge in [-0.2, -0.15) is 0 Å². The molecule has 0 atom stereocenters. The van der Waals surface area contributed by atoms with E-state index >= 15 is 0 Å². The minimum Gasteiger partial charge on any atom is -0.497 e. The summed E-state index contributed by atoms with van der Waals surface area (Å²) in [6.07, 6.45) is 1.57. The monoisotopic (exact) mass is 404 g/mol. The third-order valence-electron chi connectivity index (χ3n) is 4.92. The number of hydrogen-bond donors (Lipinski definition) is 1. The van der Waals surface area contributed by atoms with Gasteiger partial charge in [-0.25, -0.2) is 13.1 Å². The summed E-state index contributed by atoms with van der Waals surface area (Å²) < 4.78 is 38.2. The number of nitrogens with zero attached hydrogens (tertiary/aromatic N) is 1. The van der Waals surface area contributed by atoms with Crippen molar-refractivity contribution in [2.45, 2.75) is 24.7 Å². The lowest BCUT2D eigenvalue weighted by Crippen LogP contribution is -2.36. The Bertz CT molecular complexity index is 876. The van der Waals surface area contributed by atoms with E-state index in [0.29, 0.717) is 22.8 Å². The topological polar surface area (TPSA) is 67.9 Å². The van der Waals surface area contributed by atoms with Gasteiger partial charge < -0.3 is 14.4 Å². The molecule has 0 saturated carbocycles. The number of ether oxygens (including phenoxy) is 2. The minimum atomic E-state index is -3.52. The lowest BCUT2D eigenvalue weighted by Gasteiger charge is -2.28. The summed E-state index contributed by atoms with van der Waals surface area (Å²) >= 11 is 0. The quantitative estimate of drug-likeness (QED) is 0.685. The zero-order valence-corrected chi connectivity index (χ0v) is 17.3. The van der Waals surface area contributed by atoms with E-state index in [9.17, 15) is 8.42 Å². The lowest BCUT2D eigenvalue weighted by atomic mass is 10.1. The molecule has 28 heavy (non-hydrogen) atoms. The van der Waals surface area contributed by atoms with Gasteiger partial charge in [0.25, 0.3) is 0 Å². The van der Waals surface area contributed by atoms with Gasteiger partial charge in [-0.1, -0.05) is 12.1 Å². The second-order valence-corrected chi connectivity index (χ2v) is 8.63. The van der Waals surface area contributed by atoms with E-state index in [-0.39, 0.29) is 0 Å². The van der Waals surface area contributed by atoms with Gasteiger partial charge in [-0.3, -0.25) is 0 Å². The molecule has 0 bridgehead atoms. The Morgan fingerprint density at radius 1 is 1.11 bits per heavy atom. The number of hydrogen-bond acceptors (Lipinski definition) is 5. The van der Waals surface area contributed by atoms with Crippen molar-refractivity contribution in [2.75, 3.05) is 44.9 Å². The molecule has 0 amide bonds. The van der Waals surface area contributed by atoms with Crippen molar-refractivity contribution in [3.05, 3.63) is 53.6 Å². The van der Waals surface area contributed by atoms with Gasteiger partial charge >= 0.3 is 0 Å². The molecule has 1 N–H and O–H groups in total. The second kappa shape index (κ2) is 9.41. The highest BCUT2D eigenvalue weighted by Gasteiger charge is 2.16. The molecule has 1 aliphatic rings. The van der Waals surface area contributed by atoms with Crippen LogP contribution in [0.2, 0.25) is 0 Å². The fourth-order valence-electron chi connectivity index (χ4n) is 3.32. The van der Waals surface area contributed by atoms with Crippen LogP contribution in [-0.2, 0) is 21.2 Å². The van der Waals surface area contributed by atoms with Crippen LogP contribution in [0.15, 0.2) is 47.4 Å². The average Bonchev–Trinajstić information content (AvgIpc) is 2.72. The van der Waals surface area contributed by atoms with Gasteiger partial charge in [0.1, 0.15) is 5.75 Å². The highest BCUT2D eigenvalue weighted by Crippen LogP contribution is 2.21. The molecule has 1 fully saturated rings. The minimum absolute atomic E-state index is 0.295. The highest BCUT2D eigenvalue weighted by atomic mass is 32.2. The zero-order chi connectivity index (χ0) is 20.0. The third kappa shape index (κ3) is 5.25. The average molecular weight is 405 g/mol. The predicted octanol–water partition coefficient (Wildman–Crippen LogP) is 2.75. The smallest absolute Gasteiger partial charge is 0.240 e. The summed E-state index contributed by atoms with van der Waals surface area (Å²) in [7, 11) is -1.95. The first kappa shape index (κ1) is 20.6. The zero-order valence-electron chi connectivity index (χ0n) is 16.5. The van der Waals surface area contributed by atoms with Crippen LogP contribution < -0.4 is 14.4 Å². The molecule has 0 unspecified atom stereocenters. The van der Waals surface area contributed by atoms with Crippen LogP contribution in [0.4, 0.5) is 5.69 Å². The molecule has 0 aliphatic carbocycles. The molecule has 0 aromatic heterocycles. The van der Waals surface area contributed by atoms with Crippen LogP contribution in [0.1, 0.15) is 17.5 Å². The molecule has 1 saturated heterocycles. The van der Waals surface area contributed by atoms with Gasteiger partial charge in [0.15, 0.2) is 0 Å². The van der Waals surface area contributed by atoms with Gasteiger partial charge in [-0.05, 0) is 61.2 Å². The SMILES string of the molecule is COc1ccc(S(=O)(=O)NCCCc2ccc(N3CCOCC3)cc2)c(C)c1. The van der Waals surface area contributed by atoms with Crippen LogP contribution in [0.25, 0.3) is 0 Å². The first-order chi connectivity index (χ1) is 13.5. The summed E-state index contributed by atoms with van der Waals surface area (Å²) in [5.41, 5.74) is 3.09. The summed E-state index contributed by atoms with van der Waals surface area (Å²) in [5, 5.41) is 0. The summed E-state index contributed by atoms with van der Waals surface area (Å²) in [5.74, 6) is 0.650. The molecule has 7 heteroatoms. The molecule has 2 aromatic carbocycles. The molecule has 3 rings (SSSR count). The number of nitrogens with one attached hydrogen (secondary N) is 1. The molecule has 2 aromatic rings. The van der Waals surface area contributed by atoms with E-state index in [2.05, 4.69) is 33.9 Å². The van der Waals surface area contributed by atoms with Gasteiger partial charge in [0.2, 0.25) is 10.0 Å². The van der Waals surface area contributed by atoms with Crippen molar-refractivity contribution >= 4 is 15.7 Å². The van der Waals surface area contributed by atoms with E-state index < -0.39 is 10.0 Å². The van der Waals surface area contributed by atoms with E-state index in [4.69, 9.17) is 9.47 Å². The number of sulfonamides is 1. The first-order valence-corrected chi connectivity index (χ1v) is 11.0. The van der Waals surface area contributed by atoms with Crippen LogP contribution in [0.3, 0.4) is 0 Å². The number of rotatable bonds is 8. The third-order valence-corrected chi connectivity index (χ3v) is 6.54. The Morgan fingerprint density at radius 2 is 1.82 bits per heavy atom. The molecule has 6 nitrogen and oxygen atoms in total. The molecular formula is C21H28N2O4S. The van der Waals surface area contributed by atoms with Crippen LogP contribution in [-0.4, -0.2) is 48.4 Å². The second-order valence-electron chi connectivity index (χ2n) is 6.90. The van der Waals surface area contributed by atoms with Crippen LogP contribution in [0.5, 0.6) is 5.75 Å².